The second-order valence-electron chi connectivity index (χ2n) is 13.9. The Morgan fingerprint density at radius 1 is 1.05 bits per heavy atom. The highest BCUT2D eigenvalue weighted by molar-refractivity contribution is 7.92. The van der Waals surface area contributed by atoms with E-state index in [9.17, 15) is 30.8 Å². The number of hydrogen-bond donors (Lipinski definition) is 3. The van der Waals surface area contributed by atoms with E-state index in [-0.39, 0.29) is 51.5 Å². The maximum atomic E-state index is 15.6. The van der Waals surface area contributed by atoms with Crippen molar-refractivity contribution in [1.82, 2.24) is 39.8 Å². The molecule has 0 aliphatic heterocycles. The quantitative estimate of drug-likeness (QED) is 0.127. The van der Waals surface area contributed by atoms with Crippen molar-refractivity contribution in [1.29, 1.82) is 0 Å². The Hall–Kier alpha value is -5.17. The van der Waals surface area contributed by atoms with Crippen LogP contribution in [0.2, 0.25) is 5.02 Å². The number of nitrogens with one attached hydrogen (secondary N) is 3. The number of rotatable bonds is 10. The van der Waals surface area contributed by atoms with E-state index < -0.39 is 75.7 Å². The third kappa shape index (κ3) is 6.35. The fraction of sp³-hybridized carbons (Fsp3) is 0.343. The summed E-state index contributed by atoms with van der Waals surface area (Å²) in [5.74, 6) is -7.81. The highest BCUT2D eigenvalue weighted by atomic mass is 35.5. The van der Waals surface area contributed by atoms with Gasteiger partial charge in [-0.25, -0.2) is 35.9 Å². The van der Waals surface area contributed by atoms with Crippen LogP contribution in [0.4, 0.5) is 32.2 Å². The number of aromatic amines is 1. The van der Waals surface area contributed by atoms with Gasteiger partial charge in [-0.05, 0) is 61.9 Å². The summed E-state index contributed by atoms with van der Waals surface area (Å²) < 4.78 is 117. The van der Waals surface area contributed by atoms with Gasteiger partial charge in [0, 0.05) is 35.7 Å². The molecule has 0 bridgehead atoms. The van der Waals surface area contributed by atoms with Gasteiger partial charge in [0.2, 0.25) is 15.9 Å². The van der Waals surface area contributed by atoms with Crippen LogP contribution in [0, 0.1) is 24.5 Å². The van der Waals surface area contributed by atoms with E-state index in [4.69, 9.17) is 16.6 Å². The molecule has 1 amide bonds. The molecule has 0 radical (unpaired) electrons. The molecule has 4 aromatic heterocycles. The van der Waals surface area contributed by atoms with Crippen molar-refractivity contribution in [3.63, 3.8) is 0 Å². The lowest BCUT2D eigenvalue weighted by Crippen LogP contribution is -2.36. The van der Waals surface area contributed by atoms with Crippen molar-refractivity contribution in [2.45, 2.75) is 57.0 Å². The third-order valence-corrected chi connectivity index (χ3v) is 11.0. The number of imidazole rings is 1. The van der Waals surface area contributed by atoms with Gasteiger partial charge in [-0.1, -0.05) is 17.7 Å². The number of aromatic nitrogens is 7. The van der Waals surface area contributed by atoms with Gasteiger partial charge < -0.3 is 10.3 Å². The Kier molecular flexibility index (Phi) is 8.67. The van der Waals surface area contributed by atoms with E-state index in [1.807, 2.05) is 0 Å². The number of H-pyrrole nitrogens is 1. The second-order valence-corrected chi connectivity index (χ2v) is 16.1. The van der Waals surface area contributed by atoms with E-state index in [0.29, 0.717) is 45.2 Å². The molecule has 20 heteroatoms. The standard InChI is InChI=1S/C35H30ClF6N9O3S/c1-14-43-24-12-20(18-5-7-22(36)27-30(18)50(2)48-34(27)49-55(3,53)54)28(46-33(24)44-14)23(10-15-8-16(37)11-17(38)9-15)45-25(52)13-51-31-26(29(47-51)32(39)40)19-4-6-21(19)35(31,41)42/h5,7-9,11-12,19,21,23,32H,4,6,10,13H2,1-3H3,(H,45,52)(H,48,49)(H,43,44,46)/t19-,21+,23-/m0/s1. The first-order chi connectivity index (χ1) is 25.9. The first-order valence-corrected chi connectivity index (χ1v) is 19.2. The number of nitrogens with zero attached hydrogens (tertiary/aromatic N) is 6. The Balaban J connectivity index is 1.28. The van der Waals surface area contributed by atoms with Crippen LogP contribution < -0.4 is 10.0 Å². The molecule has 1 fully saturated rings. The molecule has 3 N–H and O–H groups in total. The first kappa shape index (κ1) is 36.8. The highest BCUT2D eigenvalue weighted by Crippen LogP contribution is 2.63. The lowest BCUT2D eigenvalue weighted by molar-refractivity contribution is -0.123. The van der Waals surface area contributed by atoms with E-state index in [0.717, 1.165) is 18.4 Å². The van der Waals surface area contributed by atoms with Crippen molar-refractivity contribution in [3.05, 3.63) is 87.1 Å². The number of pyridine rings is 1. The molecule has 0 spiro atoms. The number of carbonyl (C=O) groups excluding carboxylic acids is 1. The number of carbonyl (C=O) groups is 1. The minimum Gasteiger partial charge on any atom is -0.346 e. The molecule has 2 aliphatic rings. The number of fused-ring (bicyclic) bond motifs is 5. The zero-order chi connectivity index (χ0) is 39.3. The molecule has 288 valence electrons. The number of aryl methyl sites for hydroxylation is 2. The summed E-state index contributed by atoms with van der Waals surface area (Å²) >= 11 is 6.59. The molecular weight excluding hydrogens is 776 g/mol. The van der Waals surface area contributed by atoms with Crippen LogP contribution in [0.3, 0.4) is 0 Å². The summed E-state index contributed by atoms with van der Waals surface area (Å²) in [5.41, 5.74) is 0.112. The molecule has 6 aromatic rings. The largest absolute Gasteiger partial charge is 0.346 e. The summed E-state index contributed by atoms with van der Waals surface area (Å²) in [6.07, 6.45) is -2.07. The van der Waals surface area contributed by atoms with Crippen LogP contribution in [0.1, 0.15) is 65.3 Å². The molecule has 2 aromatic carbocycles. The molecule has 55 heavy (non-hydrogen) atoms. The molecule has 4 heterocycles. The minimum absolute atomic E-state index is 0.0694. The van der Waals surface area contributed by atoms with Crippen LogP contribution in [-0.4, -0.2) is 55.1 Å². The SMILES string of the molecule is Cc1nc2nc([C@H](Cc3cc(F)cc(F)c3)NC(=O)Cn3nc(C(F)F)c4c3C(F)(F)[C@@H]3CC[C@H]43)c(-c3ccc(Cl)c4c(NS(C)(=O)=O)nn(C)c34)cc2[nH]1. The highest BCUT2D eigenvalue weighted by Gasteiger charge is 2.62. The maximum Gasteiger partial charge on any atom is 0.293 e. The number of anilines is 1. The van der Waals surface area contributed by atoms with Crippen LogP contribution in [0.5, 0.6) is 0 Å². The van der Waals surface area contributed by atoms with Gasteiger partial charge >= 0.3 is 0 Å². The summed E-state index contributed by atoms with van der Waals surface area (Å²) in [7, 11) is -2.26. The van der Waals surface area contributed by atoms with Crippen molar-refractivity contribution in [2.24, 2.45) is 13.0 Å². The van der Waals surface area contributed by atoms with Crippen molar-refractivity contribution < 1.29 is 39.6 Å². The zero-order valence-electron chi connectivity index (χ0n) is 29.1. The lowest BCUT2D eigenvalue weighted by atomic mass is 9.73. The Bertz CT molecular complexity index is 2660. The number of halogens is 7. The molecule has 3 atom stereocenters. The van der Waals surface area contributed by atoms with Crippen LogP contribution in [0.25, 0.3) is 33.2 Å². The van der Waals surface area contributed by atoms with E-state index in [1.165, 1.54) is 10.7 Å². The monoisotopic (exact) mass is 805 g/mol. The summed E-state index contributed by atoms with van der Waals surface area (Å²) in [6, 6.07) is 6.29. The normalized spacial score (nSPS) is 18.1. The average molecular weight is 806 g/mol. The number of sulfonamides is 1. The Morgan fingerprint density at radius 2 is 1.78 bits per heavy atom. The van der Waals surface area contributed by atoms with Crippen LogP contribution in [-0.2, 0) is 40.8 Å². The predicted molar refractivity (Wildman–Crippen MR) is 189 cm³/mol. The minimum atomic E-state index is -3.81. The second kappa shape index (κ2) is 13.0. The number of amides is 1. The average Bonchev–Trinajstić information content (AvgIpc) is 3.73. The van der Waals surface area contributed by atoms with Crippen molar-refractivity contribution in [2.75, 3.05) is 11.0 Å². The first-order valence-electron chi connectivity index (χ1n) is 16.9. The van der Waals surface area contributed by atoms with Crippen LogP contribution in [0.15, 0.2) is 36.4 Å². The zero-order valence-corrected chi connectivity index (χ0v) is 30.6. The fourth-order valence-corrected chi connectivity index (χ4v) is 8.63. The molecule has 0 unspecified atom stereocenters. The maximum absolute atomic E-state index is 15.6. The van der Waals surface area contributed by atoms with E-state index >= 15 is 8.78 Å². The van der Waals surface area contributed by atoms with Gasteiger partial charge in [0.15, 0.2) is 11.5 Å². The van der Waals surface area contributed by atoms with Gasteiger partial charge in [0.25, 0.3) is 12.3 Å². The van der Waals surface area contributed by atoms with E-state index in [1.54, 1.807) is 26.1 Å². The molecule has 0 saturated heterocycles. The van der Waals surface area contributed by atoms with Gasteiger partial charge in [0.05, 0.1) is 39.4 Å². The molecule has 2 aliphatic carbocycles. The third-order valence-electron chi connectivity index (χ3n) is 10.1. The van der Waals surface area contributed by atoms with Gasteiger partial charge in [-0.2, -0.15) is 19.0 Å². The molecule has 12 nitrogen and oxygen atoms in total. The molecular formula is C35H30ClF6N9O3S. The topological polar surface area (TPSA) is 152 Å². The Labute approximate surface area is 313 Å². The van der Waals surface area contributed by atoms with Crippen molar-refractivity contribution >= 4 is 55.4 Å². The fourth-order valence-electron chi connectivity index (χ4n) is 7.90. The molecule has 8 rings (SSSR count). The molecule has 1 saturated carbocycles. The van der Waals surface area contributed by atoms with Gasteiger partial charge in [-0.3, -0.25) is 18.9 Å². The van der Waals surface area contributed by atoms with Gasteiger partial charge in [0.1, 0.15) is 35.4 Å². The van der Waals surface area contributed by atoms with Crippen LogP contribution >= 0.6 is 11.6 Å². The summed E-state index contributed by atoms with van der Waals surface area (Å²) in [5, 5.41) is 11.2. The smallest absolute Gasteiger partial charge is 0.293 e. The number of alkyl halides is 4. The lowest BCUT2D eigenvalue weighted by Gasteiger charge is -2.34. The summed E-state index contributed by atoms with van der Waals surface area (Å²) in [4.78, 5) is 26.2. The number of benzene rings is 2. The van der Waals surface area contributed by atoms with Crippen molar-refractivity contribution in [3.8, 4) is 11.1 Å². The summed E-state index contributed by atoms with van der Waals surface area (Å²) in [6.45, 7) is 0.795. The van der Waals surface area contributed by atoms with E-state index in [2.05, 4.69) is 30.2 Å². The number of hydrogen-bond acceptors (Lipinski definition) is 7. The Morgan fingerprint density at radius 3 is 2.44 bits per heavy atom. The predicted octanol–water partition coefficient (Wildman–Crippen LogP) is 6.96. The van der Waals surface area contributed by atoms with Gasteiger partial charge in [-0.15, -0.1) is 0 Å².